The molecule has 0 spiro atoms. The van der Waals surface area contributed by atoms with Crippen molar-refractivity contribution in [2.45, 2.75) is 19.9 Å². The highest BCUT2D eigenvalue weighted by Crippen LogP contribution is 2.30. The Balaban J connectivity index is 1.39. The van der Waals surface area contributed by atoms with E-state index < -0.39 is 0 Å². The van der Waals surface area contributed by atoms with Crippen LogP contribution < -0.4 is 10.1 Å². The van der Waals surface area contributed by atoms with E-state index in [4.69, 9.17) is 10.00 Å². The number of amides is 2. The molecule has 0 aliphatic carbocycles. The molecule has 6 nitrogen and oxygen atoms in total. The van der Waals surface area contributed by atoms with E-state index >= 15 is 0 Å². The van der Waals surface area contributed by atoms with Crippen molar-refractivity contribution in [3.63, 3.8) is 0 Å². The maximum absolute atomic E-state index is 12.1. The molecule has 2 fully saturated rings. The molecule has 0 aromatic heterocycles. The van der Waals surface area contributed by atoms with Crippen LogP contribution in [0.15, 0.2) is 24.3 Å². The molecule has 2 heterocycles. The van der Waals surface area contributed by atoms with Crippen LogP contribution in [-0.4, -0.2) is 61.2 Å². The summed E-state index contributed by atoms with van der Waals surface area (Å²) in [6.45, 7) is 9.30. The number of carbonyl (C=O) groups excluding carboxylic acids is 1. The second kappa shape index (κ2) is 7.75. The Bertz CT molecular complexity index is 624. The summed E-state index contributed by atoms with van der Waals surface area (Å²) in [6.07, 6.45) is 0. The van der Waals surface area contributed by atoms with Crippen LogP contribution in [0.25, 0.3) is 0 Å². The summed E-state index contributed by atoms with van der Waals surface area (Å²) >= 11 is 0. The number of likely N-dealkylation sites (tertiary alicyclic amines) is 2. The average Bonchev–Trinajstić information content (AvgIpc) is 3.13. The molecule has 2 amide bonds. The molecule has 0 saturated carbocycles. The minimum absolute atomic E-state index is 0.0695. The van der Waals surface area contributed by atoms with Crippen LogP contribution in [0.3, 0.4) is 0 Å². The van der Waals surface area contributed by atoms with Gasteiger partial charge in [0.2, 0.25) is 0 Å². The molecule has 2 aliphatic rings. The van der Waals surface area contributed by atoms with Gasteiger partial charge in [-0.2, -0.15) is 5.26 Å². The predicted octanol–water partition coefficient (Wildman–Crippen LogP) is 1.92. The van der Waals surface area contributed by atoms with Crippen molar-refractivity contribution in [1.29, 1.82) is 5.26 Å². The number of benzene rings is 1. The Kier molecular flexibility index (Phi) is 5.44. The molecule has 2 saturated heterocycles. The number of nitrogens with one attached hydrogen (secondary N) is 1. The summed E-state index contributed by atoms with van der Waals surface area (Å²) in [4.78, 5) is 16.5. The van der Waals surface area contributed by atoms with Crippen molar-refractivity contribution < 1.29 is 9.53 Å². The van der Waals surface area contributed by atoms with Crippen molar-refractivity contribution in [1.82, 2.24) is 15.1 Å². The number of nitrogens with zero attached hydrogens (tertiary/aromatic N) is 3. The predicted molar refractivity (Wildman–Crippen MR) is 95.3 cm³/mol. The van der Waals surface area contributed by atoms with Gasteiger partial charge >= 0.3 is 6.03 Å². The van der Waals surface area contributed by atoms with Gasteiger partial charge in [-0.25, -0.2) is 4.79 Å². The quantitative estimate of drug-likeness (QED) is 0.888. The number of hydrogen-bond donors (Lipinski definition) is 1. The summed E-state index contributed by atoms with van der Waals surface area (Å²) in [5.41, 5.74) is 0.644. The summed E-state index contributed by atoms with van der Waals surface area (Å²) < 4.78 is 5.77. The topological polar surface area (TPSA) is 68.6 Å². The number of rotatable bonds is 5. The zero-order valence-electron chi connectivity index (χ0n) is 14.9. The van der Waals surface area contributed by atoms with Crippen LogP contribution in [0.1, 0.15) is 19.4 Å². The number of carbonyl (C=O) groups is 1. The molecule has 2 unspecified atom stereocenters. The number of hydrogen-bond acceptors (Lipinski definition) is 4. The lowest BCUT2D eigenvalue weighted by molar-refractivity contribution is 0.191. The molecule has 6 heteroatoms. The van der Waals surface area contributed by atoms with Crippen molar-refractivity contribution in [3.8, 4) is 11.8 Å². The van der Waals surface area contributed by atoms with Crippen LogP contribution in [0.4, 0.5) is 4.79 Å². The van der Waals surface area contributed by atoms with E-state index in [1.165, 1.54) is 0 Å². The van der Waals surface area contributed by atoms with Gasteiger partial charge < -0.3 is 15.0 Å². The fourth-order valence-electron chi connectivity index (χ4n) is 3.70. The Hall–Kier alpha value is -2.26. The highest BCUT2D eigenvalue weighted by atomic mass is 16.5. The van der Waals surface area contributed by atoms with Crippen molar-refractivity contribution in [3.05, 3.63) is 29.8 Å². The molecule has 25 heavy (non-hydrogen) atoms. The first-order valence-corrected chi connectivity index (χ1v) is 8.96. The maximum atomic E-state index is 12.1. The van der Waals surface area contributed by atoms with Gasteiger partial charge in [0.15, 0.2) is 0 Å². The lowest BCUT2D eigenvalue weighted by Crippen LogP contribution is -2.43. The van der Waals surface area contributed by atoms with E-state index in [0.29, 0.717) is 24.0 Å². The van der Waals surface area contributed by atoms with Crippen LogP contribution >= 0.6 is 0 Å². The Morgan fingerprint density at radius 1 is 1.24 bits per heavy atom. The van der Waals surface area contributed by atoms with Crippen LogP contribution in [0.5, 0.6) is 5.75 Å². The van der Waals surface area contributed by atoms with Crippen molar-refractivity contribution in [2.75, 3.05) is 39.3 Å². The summed E-state index contributed by atoms with van der Waals surface area (Å²) in [5, 5.41) is 11.8. The third-order valence-corrected chi connectivity index (χ3v) is 4.92. The van der Waals surface area contributed by atoms with Crippen molar-refractivity contribution in [2.24, 2.45) is 11.8 Å². The lowest BCUT2D eigenvalue weighted by Gasteiger charge is -2.22. The molecule has 3 rings (SSSR count). The van der Waals surface area contributed by atoms with E-state index in [2.05, 4.69) is 16.3 Å². The molecule has 1 N–H and O–H groups in total. The fraction of sp³-hybridized carbons (Fsp3) is 0.579. The van der Waals surface area contributed by atoms with Gasteiger partial charge in [-0.1, -0.05) is 0 Å². The second-order valence-corrected chi connectivity index (χ2v) is 7.27. The van der Waals surface area contributed by atoms with Gasteiger partial charge in [0.05, 0.1) is 11.6 Å². The van der Waals surface area contributed by atoms with Crippen LogP contribution in [-0.2, 0) is 0 Å². The average molecular weight is 342 g/mol. The second-order valence-electron chi connectivity index (χ2n) is 7.27. The minimum Gasteiger partial charge on any atom is -0.492 e. The number of ether oxygens (including phenoxy) is 1. The molecular formula is C19H26N4O2. The van der Waals surface area contributed by atoms with Gasteiger partial charge in [0.25, 0.3) is 0 Å². The van der Waals surface area contributed by atoms with E-state index in [1.807, 2.05) is 30.9 Å². The molecule has 0 bridgehead atoms. The molecule has 2 atom stereocenters. The van der Waals surface area contributed by atoms with Gasteiger partial charge in [-0.15, -0.1) is 0 Å². The first-order chi connectivity index (χ1) is 12.0. The van der Waals surface area contributed by atoms with E-state index in [9.17, 15) is 4.79 Å². The third kappa shape index (κ3) is 4.43. The highest BCUT2D eigenvalue weighted by Gasteiger charge is 2.41. The Morgan fingerprint density at radius 3 is 2.44 bits per heavy atom. The van der Waals surface area contributed by atoms with Crippen LogP contribution in [0.2, 0.25) is 0 Å². The first-order valence-electron chi connectivity index (χ1n) is 8.96. The van der Waals surface area contributed by atoms with Gasteiger partial charge in [-0.3, -0.25) is 4.90 Å². The molecule has 134 valence electrons. The number of fused-ring (bicyclic) bond motifs is 1. The normalized spacial score (nSPS) is 22.7. The highest BCUT2D eigenvalue weighted by molar-refractivity contribution is 5.74. The maximum Gasteiger partial charge on any atom is 0.317 e. The van der Waals surface area contributed by atoms with Gasteiger partial charge in [-0.05, 0) is 49.9 Å². The Morgan fingerprint density at radius 2 is 1.88 bits per heavy atom. The van der Waals surface area contributed by atoms with E-state index in [1.54, 1.807) is 12.1 Å². The summed E-state index contributed by atoms with van der Waals surface area (Å²) in [6, 6.07) is 9.57. The zero-order chi connectivity index (χ0) is 17.8. The van der Waals surface area contributed by atoms with Gasteiger partial charge in [0.1, 0.15) is 12.4 Å². The zero-order valence-corrected chi connectivity index (χ0v) is 14.9. The summed E-state index contributed by atoms with van der Waals surface area (Å²) in [7, 11) is 0. The number of nitriles is 1. The lowest BCUT2D eigenvalue weighted by atomic mass is 10.0. The largest absolute Gasteiger partial charge is 0.492 e. The van der Waals surface area contributed by atoms with E-state index in [0.717, 1.165) is 38.5 Å². The molecule has 2 aliphatic heterocycles. The Labute approximate surface area is 149 Å². The molecule has 1 aromatic carbocycles. The standard InChI is InChI=1S/C19H26N4O2/c1-14(2)21-19(24)23-12-16-10-22(11-17(16)13-23)7-8-25-18-5-3-15(9-20)4-6-18/h3-6,14,16-17H,7-8,10-13H2,1-2H3,(H,21,24). The van der Waals surface area contributed by atoms with E-state index in [-0.39, 0.29) is 12.1 Å². The molecular weight excluding hydrogens is 316 g/mol. The molecule has 0 radical (unpaired) electrons. The van der Waals surface area contributed by atoms with Crippen molar-refractivity contribution >= 4 is 6.03 Å². The van der Waals surface area contributed by atoms with Crippen LogP contribution in [0, 0.1) is 23.2 Å². The van der Waals surface area contributed by atoms with Gasteiger partial charge in [0, 0.05) is 38.8 Å². The number of urea groups is 1. The minimum atomic E-state index is 0.0695. The summed E-state index contributed by atoms with van der Waals surface area (Å²) in [5.74, 6) is 1.95. The fourth-order valence-corrected chi connectivity index (χ4v) is 3.70. The smallest absolute Gasteiger partial charge is 0.317 e. The monoisotopic (exact) mass is 342 g/mol. The SMILES string of the molecule is CC(C)NC(=O)N1CC2CN(CCOc3ccc(C#N)cc3)CC2C1. The molecule has 1 aromatic rings. The third-order valence-electron chi connectivity index (χ3n) is 4.92. The first kappa shape index (κ1) is 17.6.